The van der Waals surface area contributed by atoms with Gasteiger partial charge in [0.1, 0.15) is 0 Å². The summed E-state index contributed by atoms with van der Waals surface area (Å²) in [5.41, 5.74) is 7.12. The van der Waals surface area contributed by atoms with E-state index in [1.54, 1.807) is 18.2 Å². The zero-order valence-corrected chi connectivity index (χ0v) is 10.3. The van der Waals surface area contributed by atoms with Gasteiger partial charge in [0.25, 0.3) is 0 Å². The van der Waals surface area contributed by atoms with E-state index in [-0.39, 0.29) is 20.2 Å². The summed E-state index contributed by atoms with van der Waals surface area (Å²) < 4.78 is 1.58. The summed E-state index contributed by atoms with van der Waals surface area (Å²) >= 11 is -0.102. The fourth-order valence-electron chi connectivity index (χ4n) is 1.38. The first-order valence-corrected chi connectivity index (χ1v) is 6.37. The Hall–Kier alpha value is -2.09. The molecule has 5 nitrogen and oxygen atoms in total. The summed E-state index contributed by atoms with van der Waals surface area (Å²) in [6.45, 7) is 0. The SMILES string of the molecule is N#Cc1[se]c(-c2ccc([N+](=O)[O-])cc2)cc1N. The van der Waals surface area contributed by atoms with Gasteiger partial charge in [-0.05, 0) is 0 Å². The van der Waals surface area contributed by atoms with Crippen LogP contribution in [-0.2, 0) is 0 Å². The van der Waals surface area contributed by atoms with E-state index in [1.807, 2.05) is 0 Å². The van der Waals surface area contributed by atoms with Crippen molar-refractivity contribution < 1.29 is 4.92 Å². The molecule has 1 aromatic carbocycles. The minimum absolute atomic E-state index is 0.0567. The maximum absolute atomic E-state index is 10.5. The molecular weight excluding hydrogens is 285 g/mol. The monoisotopic (exact) mass is 293 g/mol. The van der Waals surface area contributed by atoms with Gasteiger partial charge in [-0.1, -0.05) is 0 Å². The van der Waals surface area contributed by atoms with Crippen LogP contribution in [0, 0.1) is 21.4 Å². The number of anilines is 1. The number of rotatable bonds is 2. The van der Waals surface area contributed by atoms with Gasteiger partial charge in [0, 0.05) is 0 Å². The van der Waals surface area contributed by atoms with Crippen LogP contribution in [0.2, 0.25) is 0 Å². The number of hydrogen-bond acceptors (Lipinski definition) is 4. The molecule has 84 valence electrons. The summed E-state index contributed by atoms with van der Waals surface area (Å²) in [6, 6.07) is 10.1. The van der Waals surface area contributed by atoms with Gasteiger partial charge in [0.15, 0.2) is 0 Å². The molecule has 0 radical (unpaired) electrons. The first-order valence-electron chi connectivity index (χ1n) is 4.66. The number of nitrogen functional groups attached to an aromatic ring is 1. The Balaban J connectivity index is 2.40. The van der Waals surface area contributed by atoms with E-state index in [0.717, 1.165) is 10.0 Å². The molecule has 2 aromatic rings. The first-order chi connectivity index (χ1) is 8.11. The summed E-state index contributed by atoms with van der Waals surface area (Å²) in [6.07, 6.45) is 0. The summed E-state index contributed by atoms with van der Waals surface area (Å²) in [7, 11) is 0. The van der Waals surface area contributed by atoms with Crippen LogP contribution in [0.1, 0.15) is 4.44 Å². The average Bonchev–Trinajstić information content (AvgIpc) is 2.70. The molecule has 6 heteroatoms. The van der Waals surface area contributed by atoms with Gasteiger partial charge >= 0.3 is 103 Å². The third-order valence-electron chi connectivity index (χ3n) is 2.22. The van der Waals surface area contributed by atoms with E-state index < -0.39 is 4.92 Å². The predicted molar refractivity (Wildman–Crippen MR) is 64.6 cm³/mol. The zero-order valence-electron chi connectivity index (χ0n) is 8.58. The van der Waals surface area contributed by atoms with Crippen LogP contribution in [0.4, 0.5) is 11.4 Å². The summed E-state index contributed by atoms with van der Waals surface area (Å²) in [4.78, 5) is 10.1. The second-order valence-corrected chi connectivity index (χ2v) is 5.52. The number of hydrogen-bond donors (Lipinski definition) is 1. The number of non-ortho nitro benzene ring substituents is 1. The molecule has 0 atom stereocenters. The standard InChI is InChI=1S/C11H7N3O2Se/c12-6-11-9(13)5-10(17-11)7-1-3-8(4-2-7)14(15)16/h1-5H,13H2. The Morgan fingerprint density at radius 2 is 2.00 bits per heavy atom. The Morgan fingerprint density at radius 1 is 1.35 bits per heavy atom. The van der Waals surface area contributed by atoms with Crippen molar-refractivity contribution in [3.8, 4) is 16.1 Å². The van der Waals surface area contributed by atoms with Crippen LogP contribution in [0.3, 0.4) is 0 Å². The Morgan fingerprint density at radius 3 is 2.47 bits per heavy atom. The Bertz CT molecular complexity index is 611. The number of nitrogens with zero attached hydrogens (tertiary/aromatic N) is 2. The number of benzene rings is 1. The van der Waals surface area contributed by atoms with E-state index >= 15 is 0 Å². The van der Waals surface area contributed by atoms with Crippen molar-refractivity contribution >= 4 is 25.9 Å². The fraction of sp³-hybridized carbons (Fsp3) is 0. The molecule has 1 aromatic heterocycles. The van der Waals surface area contributed by atoms with Crippen LogP contribution in [0.5, 0.6) is 0 Å². The molecule has 0 aliphatic heterocycles. The molecule has 0 aliphatic rings. The number of nitriles is 1. The third kappa shape index (κ3) is 2.21. The quantitative estimate of drug-likeness (QED) is 0.518. The Labute approximate surface area is 103 Å². The molecule has 1 heterocycles. The van der Waals surface area contributed by atoms with Crippen LogP contribution in [0.25, 0.3) is 10.0 Å². The maximum atomic E-state index is 10.5. The second kappa shape index (κ2) is 4.42. The molecule has 0 amide bonds. The summed E-state index contributed by atoms with van der Waals surface area (Å²) in [5, 5.41) is 19.3. The van der Waals surface area contributed by atoms with Gasteiger partial charge in [-0.15, -0.1) is 0 Å². The predicted octanol–water partition coefficient (Wildman–Crippen LogP) is 1.77. The molecule has 0 saturated carbocycles. The molecule has 0 aliphatic carbocycles. The normalized spacial score (nSPS) is 9.82. The van der Waals surface area contributed by atoms with E-state index in [4.69, 9.17) is 11.0 Å². The topological polar surface area (TPSA) is 92.9 Å². The van der Waals surface area contributed by atoms with Crippen molar-refractivity contribution in [3.63, 3.8) is 0 Å². The van der Waals surface area contributed by atoms with Crippen molar-refractivity contribution in [2.45, 2.75) is 0 Å². The number of nitro benzene ring substituents is 1. The first kappa shape index (κ1) is 11.4. The number of nitrogens with two attached hydrogens (primary N) is 1. The minimum atomic E-state index is -0.439. The molecule has 17 heavy (non-hydrogen) atoms. The van der Waals surface area contributed by atoms with Crippen LogP contribution in [-0.4, -0.2) is 19.4 Å². The molecule has 0 unspecified atom stereocenters. The van der Waals surface area contributed by atoms with Gasteiger partial charge in [0.2, 0.25) is 0 Å². The van der Waals surface area contributed by atoms with Gasteiger partial charge in [-0.2, -0.15) is 0 Å². The van der Waals surface area contributed by atoms with Gasteiger partial charge in [-0.3, -0.25) is 0 Å². The fourth-order valence-corrected chi connectivity index (χ4v) is 3.23. The number of nitro groups is 1. The van der Waals surface area contributed by atoms with Crippen LogP contribution in [0.15, 0.2) is 30.3 Å². The third-order valence-corrected chi connectivity index (χ3v) is 4.54. The zero-order chi connectivity index (χ0) is 12.4. The van der Waals surface area contributed by atoms with Crippen LogP contribution < -0.4 is 5.73 Å². The molecular formula is C11H7N3O2Se. The van der Waals surface area contributed by atoms with E-state index in [0.29, 0.717) is 10.1 Å². The molecule has 0 bridgehead atoms. The summed E-state index contributed by atoms with van der Waals surface area (Å²) in [5.74, 6) is 0. The van der Waals surface area contributed by atoms with Gasteiger partial charge < -0.3 is 0 Å². The van der Waals surface area contributed by atoms with Crippen molar-refractivity contribution in [2.75, 3.05) is 5.73 Å². The van der Waals surface area contributed by atoms with E-state index in [1.165, 1.54) is 12.1 Å². The van der Waals surface area contributed by atoms with E-state index in [2.05, 4.69) is 6.07 Å². The van der Waals surface area contributed by atoms with E-state index in [9.17, 15) is 10.1 Å². The van der Waals surface area contributed by atoms with Crippen molar-refractivity contribution in [3.05, 3.63) is 44.9 Å². The van der Waals surface area contributed by atoms with Crippen molar-refractivity contribution in [2.24, 2.45) is 0 Å². The molecule has 0 saturated heterocycles. The van der Waals surface area contributed by atoms with Gasteiger partial charge in [-0.25, -0.2) is 0 Å². The molecule has 2 N–H and O–H groups in total. The van der Waals surface area contributed by atoms with Crippen LogP contribution >= 0.6 is 0 Å². The molecule has 2 rings (SSSR count). The molecule has 0 spiro atoms. The van der Waals surface area contributed by atoms with Crippen molar-refractivity contribution in [1.29, 1.82) is 5.26 Å². The molecule has 0 fully saturated rings. The van der Waals surface area contributed by atoms with Crippen molar-refractivity contribution in [1.82, 2.24) is 0 Å². The second-order valence-electron chi connectivity index (χ2n) is 3.31. The van der Waals surface area contributed by atoms with Gasteiger partial charge in [0.05, 0.1) is 0 Å². The average molecular weight is 292 g/mol. The Kier molecular flexibility index (Phi) is 2.96.